The number of aromatic nitrogens is 4. The summed E-state index contributed by atoms with van der Waals surface area (Å²) in [5.74, 6) is 1.74. The average molecular weight is 904 g/mol. The Bertz CT molecular complexity index is 2530. The Morgan fingerprint density at radius 2 is 1.00 bits per heavy atom. The highest BCUT2D eigenvalue weighted by Crippen LogP contribution is 2.35. The summed E-state index contributed by atoms with van der Waals surface area (Å²) in [7, 11) is 0. The molecule has 67 heavy (non-hydrogen) atoms. The molecule has 0 spiro atoms. The first-order valence-corrected chi connectivity index (χ1v) is 25.7. The van der Waals surface area contributed by atoms with Gasteiger partial charge in [-0.2, -0.15) is 0 Å². The van der Waals surface area contributed by atoms with Gasteiger partial charge in [0.25, 0.3) is 0 Å². The molecule has 5 heterocycles. The Balaban J connectivity index is 1.18. The molecule has 356 valence electrons. The molecule has 0 saturated heterocycles. The molecule has 9 heteroatoms. The molecule has 8 bridgehead atoms. The van der Waals surface area contributed by atoms with Crippen LogP contribution in [-0.2, 0) is 0 Å². The van der Waals surface area contributed by atoms with E-state index in [-0.39, 0.29) is 6.23 Å². The lowest BCUT2D eigenvalue weighted by atomic mass is 10.0. The van der Waals surface area contributed by atoms with Gasteiger partial charge < -0.3 is 29.2 Å². The number of rotatable bonds is 27. The zero-order valence-corrected chi connectivity index (χ0v) is 41.5. The van der Waals surface area contributed by atoms with Crippen LogP contribution in [0.25, 0.3) is 68.6 Å². The molecule has 2 aliphatic rings. The highest BCUT2D eigenvalue weighted by Gasteiger charge is 2.21. The highest BCUT2D eigenvalue weighted by atomic mass is 16.5. The van der Waals surface area contributed by atoms with E-state index in [9.17, 15) is 0 Å². The predicted molar refractivity (Wildman–Crippen MR) is 284 cm³/mol. The molecular formula is C58H77N7O2. The second kappa shape index (κ2) is 25.6. The molecule has 0 radical (unpaired) electrons. The first kappa shape index (κ1) is 49.4. The van der Waals surface area contributed by atoms with Gasteiger partial charge in [0, 0.05) is 59.4 Å². The number of fused-ring (bicyclic) bond motifs is 8. The van der Waals surface area contributed by atoms with Crippen LogP contribution in [0.15, 0.2) is 84.9 Å². The fourth-order valence-corrected chi connectivity index (χ4v) is 9.34. The molecular weight excluding hydrogens is 827 g/mol. The van der Waals surface area contributed by atoms with E-state index in [2.05, 4.69) is 175 Å². The number of H-pyrrole nitrogens is 2. The van der Waals surface area contributed by atoms with Gasteiger partial charge in [0.2, 0.25) is 0 Å². The minimum absolute atomic E-state index is 0.0506. The number of benzene rings is 2. The smallest absolute Gasteiger partial charge is 0.152 e. The van der Waals surface area contributed by atoms with Crippen LogP contribution in [0.1, 0.15) is 129 Å². The summed E-state index contributed by atoms with van der Waals surface area (Å²) in [5, 5.41) is 0. The number of nitrogens with one attached hydrogen (secondary N) is 2. The summed E-state index contributed by atoms with van der Waals surface area (Å²) in [4.78, 5) is 25.4. The van der Waals surface area contributed by atoms with Gasteiger partial charge in [0.15, 0.2) is 6.23 Å². The Morgan fingerprint density at radius 1 is 0.507 bits per heavy atom. The quantitative estimate of drug-likeness (QED) is 0.0393. The Kier molecular flexibility index (Phi) is 18.9. The van der Waals surface area contributed by atoms with Gasteiger partial charge in [-0.15, -0.1) is 0 Å². The average Bonchev–Trinajstić information content (AvgIpc) is 4.20. The van der Waals surface area contributed by atoms with Crippen molar-refractivity contribution in [3.63, 3.8) is 0 Å². The third-order valence-corrected chi connectivity index (χ3v) is 13.4. The highest BCUT2D eigenvalue weighted by molar-refractivity contribution is 5.93. The number of likely N-dealkylation sites (N-methyl/N-ethyl adjacent to an activating group) is 2. The Morgan fingerprint density at radius 3 is 1.51 bits per heavy atom. The normalized spacial score (nSPS) is 12.8. The molecule has 3 aromatic heterocycles. The molecule has 0 saturated carbocycles. The number of hydrogen-bond acceptors (Lipinski definition) is 7. The first-order valence-electron chi connectivity index (χ1n) is 25.7. The lowest BCUT2D eigenvalue weighted by Gasteiger charge is -2.34. The number of ether oxygens (including phenoxy) is 2. The zero-order valence-electron chi connectivity index (χ0n) is 41.5. The van der Waals surface area contributed by atoms with Gasteiger partial charge in [0.1, 0.15) is 11.5 Å². The minimum atomic E-state index is -0.0506. The van der Waals surface area contributed by atoms with Gasteiger partial charge in [-0.1, -0.05) is 117 Å². The van der Waals surface area contributed by atoms with Gasteiger partial charge in [-0.05, 0) is 135 Å². The molecule has 5 aromatic rings. The first-order chi connectivity index (χ1) is 32.9. The summed E-state index contributed by atoms with van der Waals surface area (Å²) in [5.41, 5.74) is 11.6. The van der Waals surface area contributed by atoms with E-state index in [1.54, 1.807) is 0 Å². The van der Waals surface area contributed by atoms with Crippen LogP contribution in [0.4, 0.5) is 0 Å². The van der Waals surface area contributed by atoms with Gasteiger partial charge >= 0.3 is 0 Å². The van der Waals surface area contributed by atoms with Gasteiger partial charge in [-0.3, -0.25) is 4.90 Å². The molecule has 2 aliphatic heterocycles. The summed E-state index contributed by atoms with van der Waals surface area (Å²) < 4.78 is 13.3. The number of unbranched alkanes of at least 4 members (excludes halogenated alkanes) is 8. The van der Waals surface area contributed by atoms with Crippen molar-refractivity contribution in [1.82, 2.24) is 34.6 Å². The van der Waals surface area contributed by atoms with E-state index >= 15 is 0 Å². The second-order valence-electron chi connectivity index (χ2n) is 18.0. The summed E-state index contributed by atoms with van der Waals surface area (Å²) in [6.07, 6.45) is 20.9. The summed E-state index contributed by atoms with van der Waals surface area (Å²) in [6, 6.07) is 29.8. The molecule has 1 atom stereocenters. The number of nitrogens with zero attached hydrogens (tertiary/aromatic N) is 5. The maximum absolute atomic E-state index is 6.96. The minimum Gasteiger partial charge on any atom is -0.494 e. The largest absolute Gasteiger partial charge is 0.494 e. The fraction of sp³-hybridized carbons (Fsp3) is 0.448. The van der Waals surface area contributed by atoms with Crippen molar-refractivity contribution >= 4 is 46.4 Å². The number of hydrogen-bond donors (Lipinski definition) is 2. The van der Waals surface area contributed by atoms with Gasteiger partial charge in [-0.25, -0.2) is 9.97 Å². The van der Waals surface area contributed by atoms with Crippen LogP contribution >= 0.6 is 0 Å². The zero-order chi connectivity index (χ0) is 46.8. The predicted octanol–water partition coefficient (Wildman–Crippen LogP) is 14.0. The lowest BCUT2D eigenvalue weighted by Crippen LogP contribution is -2.47. The van der Waals surface area contributed by atoms with Crippen LogP contribution in [0.2, 0.25) is 0 Å². The molecule has 2 N–H and O–H groups in total. The van der Waals surface area contributed by atoms with Crippen LogP contribution in [0, 0.1) is 0 Å². The summed E-state index contributed by atoms with van der Waals surface area (Å²) >= 11 is 0. The van der Waals surface area contributed by atoms with E-state index < -0.39 is 0 Å². The maximum atomic E-state index is 6.96. The molecule has 0 amide bonds. The summed E-state index contributed by atoms with van der Waals surface area (Å²) in [6.45, 7) is 22.4. The van der Waals surface area contributed by atoms with Crippen molar-refractivity contribution in [2.75, 3.05) is 59.0 Å². The fourth-order valence-electron chi connectivity index (χ4n) is 9.34. The van der Waals surface area contributed by atoms with Crippen LogP contribution in [-0.4, -0.2) is 99.8 Å². The standard InChI is InChI=1S/C58H77N7O2/c1-7-13-14-15-16-17-18-19-20-39-66-50-25-21-23-44(40-50)57-52-31-27-46(59-52)42-48-29-33-54(61-48)58(55-34-30-49(62-55)43-47-28-32-53(57)60-47)45-24-22-26-51(41-45)67-56(8-2)65(37-35-63(9-3)10-4)38-36-64(11-5)12-6/h21-34,40-43,56,59,62H,7-20,35-39H2,1-6H3. The number of aromatic amines is 2. The van der Waals surface area contributed by atoms with E-state index in [4.69, 9.17) is 19.4 Å². The molecule has 0 aliphatic carbocycles. The van der Waals surface area contributed by atoms with Crippen LogP contribution in [0.5, 0.6) is 11.5 Å². The molecule has 7 rings (SSSR count). The topological polar surface area (TPSA) is 85.5 Å². The van der Waals surface area contributed by atoms with Gasteiger partial charge in [0.05, 0.1) is 29.4 Å². The monoisotopic (exact) mass is 904 g/mol. The Labute approximate surface area is 401 Å². The van der Waals surface area contributed by atoms with Crippen molar-refractivity contribution in [3.05, 3.63) is 108 Å². The van der Waals surface area contributed by atoms with E-state index in [0.717, 1.165) is 150 Å². The molecule has 2 aromatic carbocycles. The van der Waals surface area contributed by atoms with Crippen LogP contribution < -0.4 is 9.47 Å². The van der Waals surface area contributed by atoms with Crippen molar-refractivity contribution in [2.45, 2.75) is 112 Å². The molecule has 0 fully saturated rings. The maximum Gasteiger partial charge on any atom is 0.152 e. The Hall–Kier alpha value is -5.48. The van der Waals surface area contributed by atoms with Crippen molar-refractivity contribution < 1.29 is 9.47 Å². The van der Waals surface area contributed by atoms with E-state index in [1.165, 1.54) is 51.4 Å². The third kappa shape index (κ3) is 13.8. The van der Waals surface area contributed by atoms with Crippen LogP contribution in [0.3, 0.4) is 0 Å². The SMILES string of the molecule is CCCCCCCCCCCOc1cccc(-c2c3nc(cc4ccc([nH]4)c(-c4cccc(OC(CC)N(CCN(CC)CC)CCN(CC)CC)c4)c4nc(cc5ccc2[nH]5)C=C4)C=C3)c1. The van der Waals surface area contributed by atoms with E-state index in [1.807, 2.05) is 0 Å². The second-order valence-corrected chi connectivity index (χ2v) is 18.0. The van der Waals surface area contributed by atoms with Crippen molar-refractivity contribution in [1.29, 1.82) is 0 Å². The third-order valence-electron chi connectivity index (χ3n) is 13.4. The van der Waals surface area contributed by atoms with Crippen molar-refractivity contribution in [3.8, 4) is 33.8 Å². The lowest BCUT2D eigenvalue weighted by molar-refractivity contribution is 0.0109. The molecule has 1 unspecified atom stereocenters. The van der Waals surface area contributed by atoms with Crippen molar-refractivity contribution in [2.24, 2.45) is 0 Å². The van der Waals surface area contributed by atoms with E-state index in [0.29, 0.717) is 0 Å². The molecule has 9 nitrogen and oxygen atoms in total.